The highest BCUT2D eigenvalue weighted by atomic mass is 32.1. The van der Waals surface area contributed by atoms with Crippen molar-refractivity contribution in [1.82, 2.24) is 4.98 Å². The molecule has 0 radical (unpaired) electrons. The average molecular weight is 303 g/mol. The maximum absolute atomic E-state index is 12.9. The van der Waals surface area contributed by atoms with Gasteiger partial charge in [-0.1, -0.05) is 36.4 Å². The maximum Gasteiger partial charge on any atom is 0.191 e. The summed E-state index contributed by atoms with van der Waals surface area (Å²) in [5.41, 5.74) is 3.20. The Balaban J connectivity index is 2.06. The number of rotatable bonds is 1. The summed E-state index contributed by atoms with van der Waals surface area (Å²) < 4.78 is 1.14. The summed E-state index contributed by atoms with van der Waals surface area (Å²) in [7, 11) is 0. The van der Waals surface area contributed by atoms with Gasteiger partial charge in [0.15, 0.2) is 5.43 Å². The second-order valence-electron chi connectivity index (χ2n) is 5.92. The van der Waals surface area contributed by atoms with Crippen molar-refractivity contribution in [1.29, 1.82) is 0 Å². The van der Waals surface area contributed by atoms with Crippen LogP contribution in [0.4, 0.5) is 0 Å². The van der Waals surface area contributed by atoms with Crippen LogP contribution >= 0.6 is 11.3 Å². The monoisotopic (exact) mass is 303 g/mol. The Morgan fingerprint density at radius 2 is 1.68 bits per heavy atom. The van der Waals surface area contributed by atoms with Gasteiger partial charge in [0.2, 0.25) is 0 Å². The molecule has 2 aromatic rings. The zero-order valence-electron chi connectivity index (χ0n) is 11.9. The summed E-state index contributed by atoms with van der Waals surface area (Å²) in [6, 6.07) is 16.1. The maximum atomic E-state index is 12.9. The van der Waals surface area contributed by atoms with Crippen LogP contribution in [-0.4, -0.2) is 4.98 Å². The molecule has 106 valence electrons. The molecule has 0 atom stereocenters. The van der Waals surface area contributed by atoms with E-state index in [4.69, 9.17) is 4.98 Å². The lowest BCUT2D eigenvalue weighted by molar-refractivity contribution is 1.12. The molecule has 1 saturated carbocycles. The largest absolute Gasteiger partial charge is 0.289 e. The van der Waals surface area contributed by atoms with Crippen LogP contribution in [0.25, 0.3) is 31.6 Å². The van der Waals surface area contributed by atoms with Crippen molar-refractivity contribution in [2.75, 3.05) is 0 Å². The van der Waals surface area contributed by atoms with Gasteiger partial charge in [-0.3, -0.25) is 4.79 Å². The minimum atomic E-state index is 0.207. The third-order valence-electron chi connectivity index (χ3n) is 4.43. The van der Waals surface area contributed by atoms with Gasteiger partial charge in [0.05, 0.1) is 20.8 Å². The second kappa shape index (κ2) is 4.37. The molecular formula is C19H13NOS. The van der Waals surface area contributed by atoms with Gasteiger partial charge in [-0.05, 0) is 30.9 Å². The highest BCUT2D eigenvalue weighted by Crippen LogP contribution is 2.47. The highest BCUT2D eigenvalue weighted by Gasteiger charge is 2.32. The first-order chi connectivity index (χ1) is 10.8. The van der Waals surface area contributed by atoms with Crippen LogP contribution < -0.4 is 5.43 Å². The standard InChI is InChI=1S/C19H13NOS/c21-18-13-6-2-1-5-12(13)17-19(16(18)11-9-10-11)22-15-8-4-3-7-14(15)20-17/h1-8,11H,9-10H2. The summed E-state index contributed by atoms with van der Waals surface area (Å²) in [5.74, 6) is 0.429. The molecule has 1 fully saturated rings. The van der Waals surface area contributed by atoms with Crippen molar-refractivity contribution in [3.05, 3.63) is 64.3 Å². The van der Waals surface area contributed by atoms with Crippen molar-refractivity contribution in [2.45, 2.75) is 18.8 Å². The lowest BCUT2D eigenvalue weighted by Gasteiger charge is -2.14. The minimum absolute atomic E-state index is 0.207. The molecule has 2 nitrogen and oxygen atoms in total. The number of benzene rings is 3. The number of fused-ring (bicyclic) bond motifs is 4. The Labute approximate surface area is 131 Å². The SMILES string of the molecule is O=c1c(C2CC2)c2sc3ccccc3nc-2c2ccccc12. The molecule has 1 heterocycles. The first-order valence-corrected chi connectivity index (χ1v) is 8.39. The fraction of sp³-hybridized carbons (Fsp3) is 0.158. The minimum Gasteiger partial charge on any atom is -0.289 e. The molecule has 3 heteroatoms. The van der Waals surface area contributed by atoms with Crippen LogP contribution in [-0.2, 0) is 0 Å². The molecule has 0 aromatic heterocycles. The van der Waals surface area contributed by atoms with Crippen LogP contribution in [0, 0.1) is 0 Å². The van der Waals surface area contributed by atoms with Crippen molar-refractivity contribution < 1.29 is 0 Å². The van der Waals surface area contributed by atoms with Crippen molar-refractivity contribution >= 4 is 32.3 Å². The quantitative estimate of drug-likeness (QED) is 0.374. The topological polar surface area (TPSA) is 30.0 Å². The normalized spacial score (nSPS) is 14.9. The molecule has 1 aliphatic heterocycles. The summed E-state index contributed by atoms with van der Waals surface area (Å²) in [4.78, 5) is 18.9. The van der Waals surface area contributed by atoms with Crippen molar-refractivity contribution in [3.8, 4) is 10.6 Å². The molecule has 2 aliphatic carbocycles. The van der Waals surface area contributed by atoms with E-state index in [1.165, 1.54) is 0 Å². The molecule has 0 saturated heterocycles. The number of aromatic nitrogens is 1. The molecule has 0 spiro atoms. The fourth-order valence-electron chi connectivity index (χ4n) is 3.21. The van der Waals surface area contributed by atoms with Crippen LogP contribution in [0.3, 0.4) is 0 Å². The molecule has 2 aromatic carbocycles. The Kier molecular flexibility index (Phi) is 2.44. The Hall–Kier alpha value is -2.26. The van der Waals surface area contributed by atoms with Gasteiger partial charge in [0.25, 0.3) is 0 Å². The first-order valence-electron chi connectivity index (χ1n) is 7.57. The summed E-state index contributed by atoms with van der Waals surface area (Å²) in [5, 5.41) is 1.79. The predicted octanol–water partition coefficient (Wildman–Crippen LogP) is 4.79. The smallest absolute Gasteiger partial charge is 0.191 e. The van der Waals surface area contributed by atoms with Crippen LogP contribution in [0.15, 0.2) is 53.3 Å². The van der Waals surface area contributed by atoms with E-state index in [0.717, 1.165) is 50.0 Å². The van der Waals surface area contributed by atoms with E-state index in [2.05, 4.69) is 6.07 Å². The first kappa shape index (κ1) is 12.3. The average Bonchev–Trinajstić information content (AvgIpc) is 3.39. The number of para-hydroxylation sites is 1. The van der Waals surface area contributed by atoms with E-state index in [-0.39, 0.29) is 5.43 Å². The summed E-state index contributed by atoms with van der Waals surface area (Å²) in [6.45, 7) is 0. The zero-order chi connectivity index (χ0) is 14.7. The Bertz CT molecular complexity index is 1060. The van der Waals surface area contributed by atoms with E-state index in [1.807, 2.05) is 42.5 Å². The number of hydrogen-bond acceptors (Lipinski definition) is 3. The van der Waals surface area contributed by atoms with Crippen molar-refractivity contribution in [2.24, 2.45) is 0 Å². The van der Waals surface area contributed by atoms with E-state index >= 15 is 0 Å². The predicted molar refractivity (Wildman–Crippen MR) is 92.0 cm³/mol. The molecule has 0 N–H and O–H groups in total. The lowest BCUT2D eigenvalue weighted by atomic mass is 9.98. The van der Waals surface area contributed by atoms with Gasteiger partial charge in [0.1, 0.15) is 0 Å². The molecule has 0 unspecified atom stereocenters. The Morgan fingerprint density at radius 3 is 2.50 bits per heavy atom. The van der Waals surface area contributed by atoms with Crippen LogP contribution in [0.2, 0.25) is 0 Å². The molecule has 5 rings (SSSR count). The zero-order valence-corrected chi connectivity index (χ0v) is 12.7. The molecular weight excluding hydrogens is 290 g/mol. The fourth-order valence-corrected chi connectivity index (χ4v) is 4.42. The summed E-state index contributed by atoms with van der Waals surface area (Å²) >= 11 is 1.71. The highest BCUT2D eigenvalue weighted by molar-refractivity contribution is 7.21. The Morgan fingerprint density at radius 1 is 0.955 bits per heavy atom. The van der Waals surface area contributed by atoms with Gasteiger partial charge in [-0.15, -0.1) is 11.3 Å². The van der Waals surface area contributed by atoms with Gasteiger partial charge in [-0.2, -0.15) is 0 Å². The van der Waals surface area contributed by atoms with Crippen molar-refractivity contribution in [3.63, 3.8) is 0 Å². The van der Waals surface area contributed by atoms with Gasteiger partial charge in [-0.25, -0.2) is 4.98 Å². The molecule has 0 bridgehead atoms. The van der Waals surface area contributed by atoms with E-state index in [1.54, 1.807) is 11.3 Å². The van der Waals surface area contributed by atoms with E-state index in [0.29, 0.717) is 5.92 Å². The third-order valence-corrected chi connectivity index (χ3v) is 5.61. The molecule has 22 heavy (non-hydrogen) atoms. The van der Waals surface area contributed by atoms with E-state index in [9.17, 15) is 4.79 Å². The van der Waals surface area contributed by atoms with E-state index < -0.39 is 0 Å². The van der Waals surface area contributed by atoms with Gasteiger partial charge in [0, 0.05) is 16.3 Å². The third kappa shape index (κ3) is 1.66. The van der Waals surface area contributed by atoms with Gasteiger partial charge < -0.3 is 0 Å². The molecule has 3 aliphatic rings. The van der Waals surface area contributed by atoms with Crippen LogP contribution in [0.1, 0.15) is 24.3 Å². The second-order valence-corrected chi connectivity index (χ2v) is 6.97. The number of hydrogen-bond donors (Lipinski definition) is 0. The summed E-state index contributed by atoms with van der Waals surface area (Å²) in [6.07, 6.45) is 2.25. The van der Waals surface area contributed by atoms with Crippen LogP contribution in [0.5, 0.6) is 0 Å². The van der Waals surface area contributed by atoms with Gasteiger partial charge >= 0.3 is 0 Å². The lowest BCUT2D eigenvalue weighted by Crippen LogP contribution is -2.11. The molecule has 0 amide bonds. The number of nitrogens with zero attached hydrogens (tertiary/aromatic N) is 1.